The number of rotatable bonds is 6. The number of hydrogen-bond acceptors (Lipinski definition) is 5. The van der Waals surface area contributed by atoms with Crippen LogP contribution in [0.5, 0.6) is 5.75 Å². The molecule has 0 spiro atoms. The van der Waals surface area contributed by atoms with E-state index in [0.717, 1.165) is 16.8 Å². The average Bonchev–Trinajstić information content (AvgIpc) is 3.47. The molecule has 1 aromatic carbocycles. The van der Waals surface area contributed by atoms with Gasteiger partial charge in [-0.05, 0) is 44.4 Å². The number of pyridine rings is 1. The Labute approximate surface area is 180 Å². The molecule has 154 valence electrons. The summed E-state index contributed by atoms with van der Waals surface area (Å²) in [6, 6.07) is 11.8. The van der Waals surface area contributed by atoms with Gasteiger partial charge in [0, 0.05) is 11.6 Å². The van der Waals surface area contributed by atoms with Crippen molar-refractivity contribution in [3.63, 3.8) is 0 Å². The van der Waals surface area contributed by atoms with Crippen LogP contribution in [-0.4, -0.2) is 27.5 Å². The maximum absolute atomic E-state index is 13.0. The van der Waals surface area contributed by atoms with Crippen molar-refractivity contribution in [1.29, 1.82) is 0 Å². The fourth-order valence-electron chi connectivity index (χ4n) is 3.72. The minimum atomic E-state index is -0.399. The van der Waals surface area contributed by atoms with Gasteiger partial charge in [0.05, 0.1) is 29.4 Å². The molecule has 1 aliphatic rings. The summed E-state index contributed by atoms with van der Waals surface area (Å²) in [7, 11) is 0. The van der Waals surface area contributed by atoms with Crippen molar-refractivity contribution in [1.82, 2.24) is 15.0 Å². The molecule has 1 fully saturated rings. The second-order valence-electron chi connectivity index (χ2n) is 7.74. The highest BCUT2D eigenvalue weighted by Gasteiger charge is 2.60. The predicted molar refractivity (Wildman–Crippen MR) is 116 cm³/mol. The number of carbonyl (C=O) groups is 1. The Morgan fingerprint density at radius 2 is 1.97 bits per heavy atom. The number of nitrogens with one attached hydrogen (secondary N) is 1. The Morgan fingerprint density at radius 1 is 1.20 bits per heavy atom. The molecule has 0 bridgehead atoms. The third-order valence-corrected chi connectivity index (χ3v) is 5.97. The molecule has 2 heterocycles. The van der Waals surface area contributed by atoms with Crippen LogP contribution in [0.3, 0.4) is 0 Å². The summed E-state index contributed by atoms with van der Waals surface area (Å²) in [5, 5.41) is 3.50. The first-order valence-electron chi connectivity index (χ1n) is 9.80. The Bertz CT molecular complexity index is 1090. The molecule has 2 aromatic heterocycles. The van der Waals surface area contributed by atoms with Crippen LogP contribution in [0.2, 0.25) is 5.02 Å². The fraction of sp³-hybridized carbons (Fsp3) is 0.304. The number of hydrogen-bond donors (Lipinski definition) is 1. The number of anilines is 1. The topological polar surface area (TPSA) is 77.0 Å². The molecular formula is C23H23ClN4O2. The zero-order valence-corrected chi connectivity index (χ0v) is 17.9. The third-order valence-electron chi connectivity index (χ3n) is 5.58. The van der Waals surface area contributed by atoms with Gasteiger partial charge in [-0.25, -0.2) is 15.0 Å². The van der Waals surface area contributed by atoms with E-state index in [-0.39, 0.29) is 11.8 Å². The lowest BCUT2D eigenvalue weighted by Gasteiger charge is -2.19. The van der Waals surface area contributed by atoms with Gasteiger partial charge in [0.15, 0.2) is 5.75 Å². The molecule has 30 heavy (non-hydrogen) atoms. The SMILES string of the molecule is Cc1ncc(OCC2(c3ccccc3)CC2C(=O)Nc2cc(C)c(Cl)cn2)c(C)n1. The van der Waals surface area contributed by atoms with Crippen LogP contribution in [0.4, 0.5) is 5.82 Å². The van der Waals surface area contributed by atoms with E-state index in [1.807, 2.05) is 51.1 Å². The van der Waals surface area contributed by atoms with E-state index < -0.39 is 5.41 Å². The van der Waals surface area contributed by atoms with Gasteiger partial charge >= 0.3 is 0 Å². The number of carbonyl (C=O) groups excluding carboxylic acids is 1. The molecule has 1 N–H and O–H groups in total. The number of halogens is 1. The van der Waals surface area contributed by atoms with Crippen LogP contribution in [0.1, 0.15) is 29.1 Å². The third kappa shape index (κ3) is 4.00. The fourth-order valence-corrected chi connectivity index (χ4v) is 3.83. The van der Waals surface area contributed by atoms with Gasteiger partial charge in [0.1, 0.15) is 11.6 Å². The lowest BCUT2D eigenvalue weighted by atomic mass is 9.93. The number of nitrogens with zero attached hydrogens (tertiary/aromatic N) is 3. The van der Waals surface area contributed by atoms with Gasteiger partial charge in [-0.1, -0.05) is 41.9 Å². The summed E-state index contributed by atoms with van der Waals surface area (Å²) in [6.07, 6.45) is 3.93. The molecule has 7 heteroatoms. The van der Waals surface area contributed by atoms with E-state index in [4.69, 9.17) is 16.3 Å². The molecule has 2 atom stereocenters. The summed E-state index contributed by atoms with van der Waals surface area (Å²) >= 11 is 6.04. The standard InChI is InChI=1S/C23H23ClN4O2/c1-14-9-21(26-11-19(14)24)28-22(29)18-10-23(18,17-7-5-4-6-8-17)13-30-20-12-25-16(3)27-15(20)2/h4-9,11-12,18H,10,13H2,1-3H3,(H,26,28,29). The highest BCUT2D eigenvalue weighted by Crippen LogP contribution is 2.55. The molecular weight excluding hydrogens is 400 g/mol. The number of amides is 1. The van der Waals surface area contributed by atoms with Gasteiger partial charge in [-0.3, -0.25) is 4.79 Å². The van der Waals surface area contributed by atoms with Crippen LogP contribution < -0.4 is 10.1 Å². The van der Waals surface area contributed by atoms with E-state index >= 15 is 0 Å². The first kappa shape index (κ1) is 20.3. The molecule has 3 aromatic rings. The normalized spacial score (nSPS) is 19.9. The van der Waals surface area contributed by atoms with E-state index in [1.165, 1.54) is 0 Å². The van der Waals surface area contributed by atoms with Crippen molar-refractivity contribution in [2.24, 2.45) is 5.92 Å². The van der Waals surface area contributed by atoms with Crippen LogP contribution >= 0.6 is 11.6 Å². The molecule has 0 radical (unpaired) electrons. The smallest absolute Gasteiger partial charge is 0.229 e. The lowest BCUT2D eigenvalue weighted by molar-refractivity contribution is -0.117. The summed E-state index contributed by atoms with van der Waals surface area (Å²) in [4.78, 5) is 25.8. The van der Waals surface area contributed by atoms with E-state index in [0.29, 0.717) is 35.4 Å². The van der Waals surface area contributed by atoms with Crippen LogP contribution in [0, 0.1) is 26.7 Å². The van der Waals surface area contributed by atoms with Gasteiger partial charge in [-0.15, -0.1) is 0 Å². The van der Waals surface area contributed by atoms with Crippen molar-refractivity contribution >= 4 is 23.3 Å². The number of benzene rings is 1. The molecule has 0 aliphatic heterocycles. The Hall–Kier alpha value is -2.99. The monoisotopic (exact) mass is 422 g/mol. The molecule has 1 saturated carbocycles. The van der Waals surface area contributed by atoms with Gasteiger partial charge in [0.25, 0.3) is 0 Å². The second kappa shape index (κ2) is 8.03. The Morgan fingerprint density at radius 3 is 2.67 bits per heavy atom. The van der Waals surface area contributed by atoms with Crippen molar-refractivity contribution in [2.45, 2.75) is 32.6 Å². The number of aromatic nitrogens is 3. The van der Waals surface area contributed by atoms with E-state index in [1.54, 1.807) is 18.5 Å². The minimum absolute atomic E-state index is 0.0754. The highest BCUT2D eigenvalue weighted by molar-refractivity contribution is 6.31. The second-order valence-corrected chi connectivity index (χ2v) is 8.15. The van der Waals surface area contributed by atoms with Crippen molar-refractivity contribution in [2.75, 3.05) is 11.9 Å². The maximum atomic E-state index is 13.0. The van der Waals surface area contributed by atoms with E-state index in [9.17, 15) is 4.79 Å². The molecule has 1 aliphatic carbocycles. The average molecular weight is 423 g/mol. The maximum Gasteiger partial charge on any atom is 0.229 e. The van der Waals surface area contributed by atoms with Gasteiger partial charge in [-0.2, -0.15) is 0 Å². The first-order chi connectivity index (χ1) is 14.4. The molecule has 1 amide bonds. The zero-order chi connectivity index (χ0) is 21.3. The summed E-state index contributed by atoms with van der Waals surface area (Å²) in [6.45, 7) is 5.99. The van der Waals surface area contributed by atoms with E-state index in [2.05, 4.69) is 20.3 Å². The predicted octanol–water partition coefficient (Wildman–Crippen LogP) is 4.43. The lowest BCUT2D eigenvalue weighted by Crippen LogP contribution is -2.27. The summed E-state index contributed by atoms with van der Waals surface area (Å²) in [5.74, 6) is 1.54. The molecule has 4 rings (SSSR count). The zero-order valence-electron chi connectivity index (χ0n) is 17.1. The highest BCUT2D eigenvalue weighted by atomic mass is 35.5. The van der Waals surface area contributed by atoms with Gasteiger partial charge in [0.2, 0.25) is 5.91 Å². The number of aryl methyl sites for hydroxylation is 3. The van der Waals surface area contributed by atoms with Crippen molar-refractivity contribution in [3.8, 4) is 5.75 Å². The summed E-state index contributed by atoms with van der Waals surface area (Å²) < 4.78 is 6.10. The largest absolute Gasteiger partial charge is 0.489 e. The van der Waals surface area contributed by atoms with Crippen molar-refractivity contribution < 1.29 is 9.53 Å². The quantitative estimate of drug-likeness (QED) is 0.636. The van der Waals surface area contributed by atoms with Crippen molar-refractivity contribution in [3.05, 3.63) is 76.5 Å². The van der Waals surface area contributed by atoms with Crippen LogP contribution in [-0.2, 0) is 10.2 Å². The minimum Gasteiger partial charge on any atom is -0.489 e. The van der Waals surface area contributed by atoms with Gasteiger partial charge < -0.3 is 10.1 Å². The number of ether oxygens (including phenoxy) is 1. The van der Waals surface area contributed by atoms with Crippen LogP contribution in [0.25, 0.3) is 0 Å². The molecule has 0 saturated heterocycles. The Kier molecular flexibility index (Phi) is 5.43. The molecule has 6 nitrogen and oxygen atoms in total. The molecule has 2 unspecified atom stereocenters. The Balaban J connectivity index is 1.54. The van der Waals surface area contributed by atoms with Crippen LogP contribution in [0.15, 0.2) is 48.8 Å². The summed E-state index contributed by atoms with van der Waals surface area (Å²) in [5.41, 5.74) is 2.33. The first-order valence-corrected chi connectivity index (χ1v) is 10.2.